The van der Waals surface area contributed by atoms with Crippen LogP contribution in [0.3, 0.4) is 0 Å². The van der Waals surface area contributed by atoms with Crippen LogP contribution in [-0.4, -0.2) is 18.6 Å². The molecule has 4 nitrogen and oxygen atoms in total. The summed E-state index contributed by atoms with van der Waals surface area (Å²) in [5, 5.41) is 12.7. The van der Waals surface area contributed by atoms with E-state index in [-0.39, 0.29) is 0 Å². The van der Waals surface area contributed by atoms with Crippen molar-refractivity contribution in [1.82, 2.24) is 4.98 Å². The average Bonchev–Trinajstić information content (AvgIpc) is 3.66. The van der Waals surface area contributed by atoms with Crippen LogP contribution in [-0.2, 0) is 0 Å². The van der Waals surface area contributed by atoms with E-state index < -0.39 is 0 Å². The molecule has 0 N–H and O–H groups in total. The molecule has 198 valence electrons. The Balaban J connectivity index is 0.000000132. The quantitative estimate of drug-likeness (QED) is 0.208. The zero-order valence-corrected chi connectivity index (χ0v) is 23.2. The summed E-state index contributed by atoms with van der Waals surface area (Å²) in [6.45, 7) is 5.27. The molecule has 0 aliphatic heterocycles. The van der Waals surface area contributed by atoms with Gasteiger partial charge in [-0.1, -0.05) is 78.9 Å². The summed E-state index contributed by atoms with van der Waals surface area (Å²) in [6.07, 6.45) is 1.49. The van der Waals surface area contributed by atoms with Crippen molar-refractivity contribution in [2.45, 2.75) is 13.8 Å². The summed E-state index contributed by atoms with van der Waals surface area (Å²) < 4.78 is 11.9. The normalized spacial score (nSPS) is 11.9. The van der Waals surface area contributed by atoms with Gasteiger partial charge in [0.15, 0.2) is 17.6 Å². The number of hydrogen-bond acceptors (Lipinski definition) is 4. The SMILES string of the molecule is CCN(C)c1ccc2c(c1)oc1c3ocnc3c3ccccc3c21.Cc1ccc2ccc3cccc4ccc1c2c34. The Labute approximate surface area is 236 Å². The molecule has 0 aliphatic rings. The monoisotopic (exact) mass is 532 g/mol. The van der Waals surface area contributed by atoms with Crippen LogP contribution in [0.15, 0.2) is 112 Å². The van der Waals surface area contributed by atoms with Gasteiger partial charge >= 0.3 is 0 Å². The van der Waals surface area contributed by atoms with Gasteiger partial charge in [-0.25, -0.2) is 4.98 Å². The number of benzene rings is 7. The zero-order valence-electron chi connectivity index (χ0n) is 23.2. The van der Waals surface area contributed by atoms with E-state index in [9.17, 15) is 0 Å². The predicted octanol–water partition coefficient (Wildman–Crippen LogP) is 10.2. The lowest BCUT2D eigenvalue weighted by atomic mass is 9.92. The van der Waals surface area contributed by atoms with E-state index >= 15 is 0 Å². The van der Waals surface area contributed by atoms with Crippen molar-refractivity contribution < 1.29 is 8.83 Å². The van der Waals surface area contributed by atoms with Gasteiger partial charge in [-0.05, 0) is 69.2 Å². The smallest absolute Gasteiger partial charge is 0.198 e. The topological polar surface area (TPSA) is 42.4 Å². The van der Waals surface area contributed by atoms with Gasteiger partial charge in [0.05, 0.1) is 0 Å². The fourth-order valence-electron chi connectivity index (χ4n) is 6.32. The molecule has 7 aromatic carbocycles. The first-order chi connectivity index (χ1) is 20.1. The number of anilines is 1. The number of hydrogen-bond donors (Lipinski definition) is 0. The second-order valence-electron chi connectivity index (χ2n) is 10.8. The standard InChI is InChI=1S/C20H16N2O2.C17H12/c1-3-22(2)12-8-9-15-16(10-12)24-19-17(15)13-6-4-5-7-14(13)18-20(19)23-11-21-18;1-11-5-6-14-8-7-12-3-2-4-13-9-10-15(11)17(14)16(12)13/h4-11H,3H2,1-2H3;2-10H,1H3. The molecular weight excluding hydrogens is 504 g/mol. The number of nitrogens with zero attached hydrogens (tertiary/aromatic N) is 2. The molecule has 0 aliphatic carbocycles. The first-order valence-electron chi connectivity index (χ1n) is 14.1. The Bertz CT molecular complexity index is 2380. The van der Waals surface area contributed by atoms with Gasteiger partial charge in [-0.15, -0.1) is 0 Å². The summed E-state index contributed by atoms with van der Waals surface area (Å²) in [7, 11) is 2.08. The molecule has 0 spiro atoms. The van der Waals surface area contributed by atoms with E-state index in [1.165, 1.54) is 44.3 Å². The maximum absolute atomic E-state index is 6.21. The van der Waals surface area contributed by atoms with E-state index in [1.807, 2.05) is 12.1 Å². The van der Waals surface area contributed by atoms with Crippen LogP contribution in [0.25, 0.3) is 76.1 Å². The van der Waals surface area contributed by atoms with E-state index in [2.05, 4.69) is 116 Å². The molecule has 41 heavy (non-hydrogen) atoms. The summed E-state index contributed by atoms with van der Waals surface area (Å²) in [6, 6.07) is 34.5. The lowest BCUT2D eigenvalue weighted by molar-refractivity contribution is 0.589. The maximum Gasteiger partial charge on any atom is 0.198 e. The van der Waals surface area contributed by atoms with Crippen LogP contribution < -0.4 is 4.90 Å². The molecule has 2 aromatic heterocycles. The van der Waals surface area contributed by atoms with Crippen LogP contribution in [0.4, 0.5) is 5.69 Å². The van der Waals surface area contributed by atoms with Gasteiger partial charge < -0.3 is 13.7 Å². The zero-order chi connectivity index (χ0) is 27.7. The van der Waals surface area contributed by atoms with E-state index in [0.29, 0.717) is 5.58 Å². The van der Waals surface area contributed by atoms with E-state index in [1.54, 1.807) is 0 Å². The Kier molecular flexibility index (Phi) is 5.20. The minimum atomic E-state index is 0.713. The van der Waals surface area contributed by atoms with Crippen molar-refractivity contribution in [2.75, 3.05) is 18.5 Å². The minimum Gasteiger partial charge on any atom is -0.452 e. The number of aromatic nitrogens is 1. The highest BCUT2D eigenvalue weighted by molar-refractivity contribution is 6.28. The third-order valence-corrected chi connectivity index (χ3v) is 8.56. The molecule has 4 heteroatoms. The van der Waals surface area contributed by atoms with Gasteiger partial charge in [-0.2, -0.15) is 0 Å². The molecule has 0 bridgehead atoms. The van der Waals surface area contributed by atoms with Crippen molar-refractivity contribution in [3.05, 3.63) is 109 Å². The second-order valence-corrected chi connectivity index (χ2v) is 10.8. The summed E-state index contributed by atoms with van der Waals surface area (Å²) in [5.74, 6) is 0. The molecule has 0 atom stereocenters. The molecular formula is C37H28N2O2. The van der Waals surface area contributed by atoms with E-state index in [4.69, 9.17) is 8.83 Å². The molecule has 0 fully saturated rings. The number of furan rings is 1. The van der Waals surface area contributed by atoms with Crippen molar-refractivity contribution in [3.8, 4) is 0 Å². The van der Waals surface area contributed by atoms with Gasteiger partial charge in [0.1, 0.15) is 11.1 Å². The van der Waals surface area contributed by atoms with Crippen LogP contribution in [0.5, 0.6) is 0 Å². The first kappa shape index (κ1) is 23.8. The van der Waals surface area contributed by atoms with Gasteiger partial charge in [-0.3, -0.25) is 0 Å². The number of aryl methyl sites for hydroxylation is 1. The van der Waals surface area contributed by atoms with Gasteiger partial charge in [0.2, 0.25) is 0 Å². The molecule has 0 unspecified atom stereocenters. The Hall–Kier alpha value is -5.09. The van der Waals surface area contributed by atoms with Crippen molar-refractivity contribution in [3.63, 3.8) is 0 Å². The summed E-state index contributed by atoms with van der Waals surface area (Å²) >= 11 is 0. The molecule has 2 heterocycles. The number of fused-ring (bicyclic) bond motifs is 8. The summed E-state index contributed by atoms with van der Waals surface area (Å²) in [4.78, 5) is 6.58. The molecule has 0 saturated carbocycles. The van der Waals surface area contributed by atoms with Crippen molar-refractivity contribution >= 4 is 81.8 Å². The fourth-order valence-corrected chi connectivity index (χ4v) is 6.32. The van der Waals surface area contributed by atoms with Gasteiger partial charge in [0, 0.05) is 41.5 Å². The summed E-state index contributed by atoms with van der Waals surface area (Å²) in [5.41, 5.74) is 5.70. The van der Waals surface area contributed by atoms with Crippen LogP contribution >= 0.6 is 0 Å². The molecule has 0 saturated heterocycles. The lowest BCUT2D eigenvalue weighted by Crippen LogP contribution is -2.15. The average molecular weight is 533 g/mol. The van der Waals surface area contributed by atoms with E-state index in [0.717, 1.165) is 50.5 Å². The van der Waals surface area contributed by atoms with Crippen molar-refractivity contribution in [2.24, 2.45) is 0 Å². The fraction of sp³-hybridized carbons (Fsp3) is 0.108. The highest BCUT2D eigenvalue weighted by atomic mass is 16.4. The minimum absolute atomic E-state index is 0.713. The maximum atomic E-state index is 6.21. The largest absolute Gasteiger partial charge is 0.452 e. The molecule has 9 aromatic rings. The van der Waals surface area contributed by atoms with Crippen molar-refractivity contribution in [1.29, 1.82) is 0 Å². The van der Waals surface area contributed by atoms with Crippen LogP contribution in [0.2, 0.25) is 0 Å². The second kappa shape index (κ2) is 8.97. The third kappa shape index (κ3) is 3.50. The molecule has 9 rings (SSSR count). The Morgan fingerprint density at radius 1 is 0.659 bits per heavy atom. The highest BCUT2D eigenvalue weighted by Gasteiger charge is 2.19. The first-order valence-corrected chi connectivity index (χ1v) is 14.1. The molecule has 0 amide bonds. The van der Waals surface area contributed by atoms with Crippen LogP contribution in [0.1, 0.15) is 12.5 Å². The van der Waals surface area contributed by atoms with Gasteiger partial charge in [0.25, 0.3) is 0 Å². The lowest BCUT2D eigenvalue weighted by Gasteiger charge is -2.16. The molecule has 0 radical (unpaired) electrons. The highest BCUT2D eigenvalue weighted by Crippen LogP contribution is 2.41. The number of rotatable bonds is 2. The predicted molar refractivity (Wildman–Crippen MR) is 173 cm³/mol. The Morgan fingerprint density at radius 2 is 1.37 bits per heavy atom. The Morgan fingerprint density at radius 3 is 2.17 bits per heavy atom. The number of oxazole rings is 1. The van der Waals surface area contributed by atoms with Crippen LogP contribution in [0, 0.1) is 6.92 Å². The third-order valence-electron chi connectivity index (χ3n) is 8.56.